The van der Waals surface area contributed by atoms with Crippen LogP contribution in [0.15, 0.2) is 0 Å². The number of rotatable bonds is 4. The maximum Gasteiger partial charge on any atom is 0.323 e. The van der Waals surface area contributed by atoms with E-state index in [-0.39, 0.29) is 6.42 Å². The lowest BCUT2D eigenvalue weighted by Gasteiger charge is -2.04. The van der Waals surface area contributed by atoms with Gasteiger partial charge in [-0.15, -0.1) is 0 Å². The highest BCUT2D eigenvalue weighted by molar-refractivity contribution is 6.25. The molecule has 0 aliphatic rings. The molecule has 0 fully saturated rings. The summed E-state index contributed by atoms with van der Waals surface area (Å²) in [6.45, 7) is 0. The third-order valence-corrected chi connectivity index (χ3v) is 1.13. The molecule has 0 heterocycles. The monoisotopic (exact) mass is 171 g/mol. The Labute approximate surface area is 68.9 Å². The summed E-state index contributed by atoms with van der Waals surface area (Å²) in [5.74, 6) is -1.20. The number of Topliss-reactive ketones (excluding diaryl/α,β-unsaturated/α-hetero) is 1. The van der Waals surface area contributed by atoms with Crippen LogP contribution < -0.4 is 5.73 Å². The maximum atomic E-state index is 10.7. The van der Waals surface area contributed by atoms with Crippen LogP contribution in [0.4, 0.5) is 0 Å². The summed E-state index contributed by atoms with van der Waals surface area (Å²) < 4.78 is 4.27. The number of nitrogens with two attached hydrogens (primary N) is 1. The topological polar surface area (TPSA) is 106 Å². The lowest BCUT2D eigenvalue weighted by atomic mass is 10.1. The van der Waals surface area contributed by atoms with E-state index in [0.717, 1.165) is 0 Å². The van der Waals surface area contributed by atoms with Crippen LogP contribution in [0.2, 0.25) is 0 Å². The first-order valence-electron chi connectivity index (χ1n) is 3.15. The first kappa shape index (κ1) is 10.5. The van der Waals surface area contributed by atoms with Crippen molar-refractivity contribution >= 4 is 18.0 Å². The van der Waals surface area contributed by atoms with Gasteiger partial charge in [-0.1, -0.05) is 0 Å². The van der Waals surface area contributed by atoms with E-state index >= 15 is 0 Å². The van der Waals surface area contributed by atoms with Gasteiger partial charge in [-0.05, 0) is 0 Å². The van der Waals surface area contributed by atoms with E-state index in [1.165, 1.54) is 7.11 Å². The van der Waals surface area contributed by atoms with Crippen molar-refractivity contribution in [1.29, 1.82) is 0 Å². The Hall–Kier alpha value is -1.52. The molecule has 0 aromatic heterocycles. The molecular formula is C6H9N3O3. The van der Waals surface area contributed by atoms with Gasteiger partial charge in [-0.25, -0.2) is 0 Å². The second kappa shape index (κ2) is 5.17. The van der Waals surface area contributed by atoms with Crippen LogP contribution in [0.3, 0.4) is 0 Å². The molecule has 0 aliphatic heterocycles. The van der Waals surface area contributed by atoms with Gasteiger partial charge in [0.25, 0.3) is 0 Å². The Morgan fingerprint density at radius 1 is 1.75 bits per heavy atom. The zero-order valence-electron chi connectivity index (χ0n) is 6.56. The first-order chi connectivity index (χ1) is 5.61. The largest absolute Gasteiger partial charge is 0.468 e. The average molecular weight is 171 g/mol. The fourth-order valence-corrected chi connectivity index (χ4v) is 0.569. The van der Waals surface area contributed by atoms with Gasteiger partial charge in [0.15, 0.2) is 0 Å². The fraction of sp³-hybridized carbons (Fsp3) is 0.500. The van der Waals surface area contributed by atoms with Gasteiger partial charge in [0.1, 0.15) is 6.04 Å². The van der Waals surface area contributed by atoms with E-state index in [1.807, 2.05) is 0 Å². The van der Waals surface area contributed by atoms with Crippen LogP contribution >= 0.6 is 0 Å². The van der Waals surface area contributed by atoms with Crippen molar-refractivity contribution in [3.8, 4) is 0 Å². The summed E-state index contributed by atoms with van der Waals surface area (Å²) in [6, 6.07) is -1.000. The Balaban J connectivity index is 4.00. The van der Waals surface area contributed by atoms with E-state index in [9.17, 15) is 9.59 Å². The summed E-state index contributed by atoms with van der Waals surface area (Å²) in [6.07, 6.45) is 0.458. The summed E-state index contributed by atoms with van der Waals surface area (Å²) in [7, 11) is 1.17. The third-order valence-electron chi connectivity index (χ3n) is 1.13. The highest BCUT2D eigenvalue weighted by Gasteiger charge is 2.18. The molecule has 0 saturated heterocycles. The predicted molar refractivity (Wildman–Crippen MR) is 39.3 cm³/mol. The molecule has 0 aromatic rings. The maximum absolute atomic E-state index is 10.7. The second-order valence-electron chi connectivity index (χ2n) is 2.04. The number of ketones is 1. The molecule has 0 aliphatic carbocycles. The number of nitrogens with zero attached hydrogens (tertiary/aromatic N) is 2. The zero-order valence-corrected chi connectivity index (χ0v) is 6.56. The van der Waals surface area contributed by atoms with Crippen LogP contribution in [-0.2, 0) is 14.3 Å². The highest BCUT2D eigenvalue weighted by atomic mass is 16.5. The van der Waals surface area contributed by atoms with Crippen molar-refractivity contribution in [1.82, 2.24) is 0 Å². The SMILES string of the molecule is COC(=O)C(N)CC(=O)C=[N+]=[N-]. The van der Waals surface area contributed by atoms with Crippen LogP contribution in [0.5, 0.6) is 0 Å². The lowest BCUT2D eigenvalue weighted by molar-refractivity contribution is -0.143. The molecule has 0 bridgehead atoms. The van der Waals surface area contributed by atoms with Crippen molar-refractivity contribution in [2.75, 3.05) is 7.11 Å². The number of ether oxygens (including phenoxy) is 1. The second-order valence-corrected chi connectivity index (χ2v) is 2.04. The molecule has 2 N–H and O–H groups in total. The molecule has 1 atom stereocenters. The van der Waals surface area contributed by atoms with E-state index in [2.05, 4.69) is 9.53 Å². The summed E-state index contributed by atoms with van der Waals surface area (Å²) in [5, 5.41) is 0. The summed E-state index contributed by atoms with van der Waals surface area (Å²) in [4.78, 5) is 23.8. The number of methoxy groups -OCH3 is 1. The van der Waals surface area contributed by atoms with Gasteiger partial charge in [-0.2, -0.15) is 4.79 Å². The van der Waals surface area contributed by atoms with Crippen molar-refractivity contribution in [2.24, 2.45) is 5.73 Å². The fourth-order valence-electron chi connectivity index (χ4n) is 0.569. The van der Waals surface area contributed by atoms with Crippen molar-refractivity contribution in [2.45, 2.75) is 12.5 Å². The summed E-state index contributed by atoms with van der Waals surface area (Å²) >= 11 is 0. The number of esters is 1. The quantitative estimate of drug-likeness (QED) is 0.247. The minimum absolute atomic E-state index is 0.225. The van der Waals surface area contributed by atoms with Gasteiger partial charge < -0.3 is 16.0 Å². The molecule has 0 rings (SSSR count). The molecule has 6 heteroatoms. The van der Waals surface area contributed by atoms with Gasteiger partial charge in [0.05, 0.1) is 7.11 Å². The average Bonchev–Trinajstić information content (AvgIpc) is 2.03. The Morgan fingerprint density at radius 2 is 2.33 bits per heavy atom. The Morgan fingerprint density at radius 3 is 2.75 bits per heavy atom. The zero-order chi connectivity index (χ0) is 9.56. The summed E-state index contributed by atoms with van der Waals surface area (Å²) in [5.41, 5.74) is 13.2. The molecule has 0 amide bonds. The van der Waals surface area contributed by atoms with E-state index in [1.54, 1.807) is 0 Å². The van der Waals surface area contributed by atoms with Crippen LogP contribution in [0.1, 0.15) is 6.42 Å². The molecular weight excluding hydrogens is 162 g/mol. The van der Waals surface area contributed by atoms with E-state index in [4.69, 9.17) is 11.3 Å². The number of hydrogen-bond donors (Lipinski definition) is 1. The Bertz CT molecular complexity index is 232. The van der Waals surface area contributed by atoms with E-state index < -0.39 is 17.8 Å². The van der Waals surface area contributed by atoms with Gasteiger partial charge >= 0.3 is 12.2 Å². The number of hydrogen-bond acceptors (Lipinski definition) is 4. The molecule has 0 saturated carbocycles. The normalized spacial score (nSPS) is 11.2. The van der Waals surface area contributed by atoms with Crippen molar-refractivity contribution in [3.63, 3.8) is 0 Å². The third kappa shape index (κ3) is 3.60. The van der Waals surface area contributed by atoms with Gasteiger partial charge in [0, 0.05) is 6.42 Å². The standard InChI is InChI=1S/C6H9N3O3/c1-12-6(11)5(7)2-4(10)3-9-8/h3,5H,2,7H2,1H3. The molecule has 0 spiro atoms. The number of carbonyl (C=O) groups is 2. The van der Waals surface area contributed by atoms with Crippen molar-refractivity contribution in [3.05, 3.63) is 5.53 Å². The van der Waals surface area contributed by atoms with Gasteiger partial charge in [0.2, 0.25) is 5.78 Å². The van der Waals surface area contributed by atoms with Crippen LogP contribution in [-0.4, -0.2) is 35.9 Å². The minimum Gasteiger partial charge on any atom is -0.468 e. The molecule has 66 valence electrons. The smallest absolute Gasteiger partial charge is 0.323 e. The molecule has 1 unspecified atom stereocenters. The van der Waals surface area contributed by atoms with Gasteiger partial charge in [-0.3, -0.25) is 9.59 Å². The minimum atomic E-state index is -1.000. The predicted octanol–water partition coefficient (Wildman–Crippen LogP) is -1.25. The van der Waals surface area contributed by atoms with E-state index in [0.29, 0.717) is 6.21 Å². The van der Waals surface area contributed by atoms with Crippen LogP contribution in [0, 0.1) is 0 Å². The molecule has 0 aromatic carbocycles. The first-order valence-corrected chi connectivity index (χ1v) is 3.15. The highest BCUT2D eigenvalue weighted by Crippen LogP contribution is 1.90. The molecule has 0 radical (unpaired) electrons. The van der Waals surface area contributed by atoms with Crippen LogP contribution in [0.25, 0.3) is 5.53 Å². The lowest BCUT2D eigenvalue weighted by Crippen LogP contribution is -2.34. The van der Waals surface area contributed by atoms with Crippen molar-refractivity contribution < 1.29 is 19.1 Å². The Kier molecular flexibility index (Phi) is 4.52. The molecule has 12 heavy (non-hydrogen) atoms. The molecule has 6 nitrogen and oxygen atoms in total. The number of carbonyl (C=O) groups excluding carboxylic acids is 2.